The Balaban J connectivity index is 1.91. The van der Waals surface area contributed by atoms with Gasteiger partial charge in [0.2, 0.25) is 5.91 Å². The van der Waals surface area contributed by atoms with Gasteiger partial charge in [-0.2, -0.15) is 11.8 Å². The molecule has 116 valence electrons. The van der Waals surface area contributed by atoms with E-state index in [9.17, 15) is 4.79 Å². The third kappa shape index (κ3) is 4.67. The van der Waals surface area contributed by atoms with Crippen LogP contribution in [0.2, 0.25) is 0 Å². The van der Waals surface area contributed by atoms with Gasteiger partial charge in [-0.15, -0.1) is 0 Å². The third-order valence-corrected chi connectivity index (χ3v) is 4.78. The Bertz CT molecular complexity index is 490. The number of piperidine rings is 1. The molecule has 0 aliphatic carbocycles. The van der Waals surface area contributed by atoms with E-state index in [0.29, 0.717) is 18.4 Å². The molecule has 1 amide bonds. The van der Waals surface area contributed by atoms with E-state index in [2.05, 4.69) is 37.4 Å². The SMILES string of the molecule is CSCCC(=O)N1CCCC(Nc2ccc(C)c(C)c2)C1. The minimum Gasteiger partial charge on any atom is -0.381 e. The number of amides is 1. The van der Waals surface area contributed by atoms with Crippen LogP contribution >= 0.6 is 11.8 Å². The molecule has 1 N–H and O–H groups in total. The number of hydrogen-bond donors (Lipinski definition) is 1. The summed E-state index contributed by atoms with van der Waals surface area (Å²) in [5.74, 6) is 1.22. The first-order valence-electron chi connectivity index (χ1n) is 7.70. The minimum absolute atomic E-state index is 0.302. The van der Waals surface area contributed by atoms with Crippen molar-refractivity contribution in [1.29, 1.82) is 0 Å². The van der Waals surface area contributed by atoms with Gasteiger partial charge in [0.15, 0.2) is 0 Å². The van der Waals surface area contributed by atoms with Crippen LogP contribution < -0.4 is 5.32 Å². The van der Waals surface area contributed by atoms with Crippen molar-refractivity contribution in [2.75, 3.05) is 30.4 Å². The molecule has 1 heterocycles. The zero-order chi connectivity index (χ0) is 15.2. The lowest BCUT2D eigenvalue weighted by molar-refractivity contribution is -0.131. The van der Waals surface area contributed by atoms with Crippen LogP contribution in [0, 0.1) is 13.8 Å². The maximum Gasteiger partial charge on any atom is 0.223 e. The van der Waals surface area contributed by atoms with Crippen LogP contribution in [-0.2, 0) is 4.79 Å². The molecule has 3 nitrogen and oxygen atoms in total. The van der Waals surface area contributed by atoms with Crippen molar-refractivity contribution >= 4 is 23.4 Å². The van der Waals surface area contributed by atoms with Crippen molar-refractivity contribution in [3.63, 3.8) is 0 Å². The number of anilines is 1. The molecule has 1 aliphatic heterocycles. The van der Waals surface area contributed by atoms with E-state index in [1.165, 1.54) is 16.8 Å². The van der Waals surface area contributed by atoms with Gasteiger partial charge < -0.3 is 10.2 Å². The number of carbonyl (C=O) groups is 1. The molecule has 1 saturated heterocycles. The van der Waals surface area contributed by atoms with Gasteiger partial charge in [-0.1, -0.05) is 6.07 Å². The normalized spacial score (nSPS) is 18.6. The van der Waals surface area contributed by atoms with E-state index < -0.39 is 0 Å². The summed E-state index contributed by atoms with van der Waals surface area (Å²) in [5, 5.41) is 3.59. The van der Waals surface area contributed by atoms with Gasteiger partial charge in [0.25, 0.3) is 0 Å². The molecule has 0 saturated carbocycles. The highest BCUT2D eigenvalue weighted by atomic mass is 32.2. The predicted octanol–water partition coefficient (Wildman–Crippen LogP) is 3.46. The standard InChI is InChI=1S/C17H26N2OS/c1-13-6-7-15(11-14(13)2)18-16-5-4-9-19(12-16)17(20)8-10-21-3/h6-7,11,16,18H,4-5,8-10,12H2,1-3H3. The molecule has 1 unspecified atom stereocenters. The maximum absolute atomic E-state index is 12.1. The number of likely N-dealkylation sites (tertiary alicyclic amines) is 1. The van der Waals surface area contributed by atoms with Gasteiger partial charge in [-0.3, -0.25) is 4.79 Å². The number of aryl methyl sites for hydroxylation is 2. The molecule has 0 radical (unpaired) electrons. The van der Waals surface area contributed by atoms with Gasteiger partial charge in [0.1, 0.15) is 0 Å². The van der Waals surface area contributed by atoms with E-state index in [-0.39, 0.29) is 0 Å². The lowest BCUT2D eigenvalue weighted by atomic mass is 10.0. The number of nitrogens with one attached hydrogen (secondary N) is 1. The largest absolute Gasteiger partial charge is 0.381 e. The summed E-state index contributed by atoms with van der Waals surface area (Å²) in [5.41, 5.74) is 3.79. The van der Waals surface area contributed by atoms with Gasteiger partial charge in [0, 0.05) is 37.0 Å². The second kappa shape index (κ2) is 7.74. The van der Waals surface area contributed by atoms with Crippen LogP contribution in [-0.4, -0.2) is 41.9 Å². The first-order chi connectivity index (χ1) is 10.1. The maximum atomic E-state index is 12.1. The summed E-state index contributed by atoms with van der Waals surface area (Å²) in [6.45, 7) is 6.02. The van der Waals surface area contributed by atoms with E-state index >= 15 is 0 Å². The van der Waals surface area contributed by atoms with E-state index in [1.807, 2.05) is 11.2 Å². The lowest BCUT2D eigenvalue weighted by Gasteiger charge is -2.34. The zero-order valence-corrected chi connectivity index (χ0v) is 14.1. The Hall–Kier alpha value is -1.16. The Morgan fingerprint density at radius 2 is 2.19 bits per heavy atom. The number of carbonyl (C=O) groups excluding carboxylic acids is 1. The fourth-order valence-electron chi connectivity index (χ4n) is 2.74. The van der Waals surface area contributed by atoms with Crippen molar-refractivity contribution in [2.45, 2.75) is 39.2 Å². The van der Waals surface area contributed by atoms with Crippen LogP contribution in [0.25, 0.3) is 0 Å². The molecule has 0 spiro atoms. The second-order valence-electron chi connectivity index (χ2n) is 5.87. The molecule has 1 atom stereocenters. The molecule has 0 bridgehead atoms. The molecule has 2 rings (SSSR count). The quantitative estimate of drug-likeness (QED) is 0.904. The number of nitrogens with zero attached hydrogens (tertiary/aromatic N) is 1. The van der Waals surface area contributed by atoms with E-state index in [0.717, 1.165) is 31.7 Å². The highest BCUT2D eigenvalue weighted by Gasteiger charge is 2.23. The van der Waals surface area contributed by atoms with Gasteiger partial charge in [-0.25, -0.2) is 0 Å². The molecule has 1 aromatic carbocycles. The predicted molar refractivity (Wildman–Crippen MR) is 92.1 cm³/mol. The van der Waals surface area contributed by atoms with Crippen LogP contribution in [0.4, 0.5) is 5.69 Å². The average molecular weight is 306 g/mol. The van der Waals surface area contributed by atoms with Gasteiger partial charge in [-0.05, 0) is 56.2 Å². The van der Waals surface area contributed by atoms with E-state index in [1.54, 1.807) is 11.8 Å². The number of rotatable bonds is 5. The smallest absolute Gasteiger partial charge is 0.223 e. The fourth-order valence-corrected chi connectivity index (χ4v) is 3.11. The van der Waals surface area contributed by atoms with Crippen molar-refractivity contribution < 1.29 is 4.79 Å². The fraction of sp³-hybridized carbons (Fsp3) is 0.588. The number of hydrogen-bond acceptors (Lipinski definition) is 3. The molecular weight excluding hydrogens is 280 g/mol. The van der Waals surface area contributed by atoms with Crippen LogP contribution in [0.3, 0.4) is 0 Å². The summed E-state index contributed by atoms with van der Waals surface area (Å²) < 4.78 is 0. The Labute approximate surface area is 132 Å². The summed E-state index contributed by atoms with van der Waals surface area (Å²) in [7, 11) is 0. The molecule has 21 heavy (non-hydrogen) atoms. The third-order valence-electron chi connectivity index (χ3n) is 4.17. The van der Waals surface area contributed by atoms with Crippen molar-refractivity contribution in [3.05, 3.63) is 29.3 Å². The molecule has 1 aliphatic rings. The molecule has 1 fully saturated rings. The molecule has 0 aromatic heterocycles. The Morgan fingerprint density at radius 1 is 1.38 bits per heavy atom. The van der Waals surface area contributed by atoms with Gasteiger partial charge in [0.05, 0.1) is 0 Å². The lowest BCUT2D eigenvalue weighted by Crippen LogP contribution is -2.45. The van der Waals surface area contributed by atoms with Crippen molar-refractivity contribution in [1.82, 2.24) is 4.90 Å². The van der Waals surface area contributed by atoms with Crippen molar-refractivity contribution in [3.8, 4) is 0 Å². The number of benzene rings is 1. The van der Waals surface area contributed by atoms with E-state index in [4.69, 9.17) is 0 Å². The minimum atomic E-state index is 0.302. The second-order valence-corrected chi connectivity index (χ2v) is 6.85. The first-order valence-corrected chi connectivity index (χ1v) is 9.10. The summed E-state index contributed by atoms with van der Waals surface area (Å²) in [6, 6.07) is 6.86. The topological polar surface area (TPSA) is 32.3 Å². The summed E-state index contributed by atoms with van der Waals surface area (Å²) >= 11 is 1.74. The summed E-state index contributed by atoms with van der Waals surface area (Å²) in [6.07, 6.45) is 4.94. The van der Waals surface area contributed by atoms with Crippen LogP contribution in [0.15, 0.2) is 18.2 Å². The zero-order valence-electron chi connectivity index (χ0n) is 13.3. The molecule has 4 heteroatoms. The highest BCUT2D eigenvalue weighted by Crippen LogP contribution is 2.19. The Kier molecular flexibility index (Phi) is 5.97. The Morgan fingerprint density at radius 3 is 2.90 bits per heavy atom. The summed E-state index contributed by atoms with van der Waals surface area (Å²) in [4.78, 5) is 14.2. The highest BCUT2D eigenvalue weighted by molar-refractivity contribution is 7.98. The number of thioether (sulfide) groups is 1. The molecular formula is C17H26N2OS. The van der Waals surface area contributed by atoms with Crippen LogP contribution in [0.5, 0.6) is 0 Å². The molecule has 1 aromatic rings. The average Bonchev–Trinajstić information content (AvgIpc) is 2.49. The monoisotopic (exact) mass is 306 g/mol. The first kappa shape index (κ1) is 16.2. The van der Waals surface area contributed by atoms with Crippen LogP contribution in [0.1, 0.15) is 30.4 Å². The van der Waals surface area contributed by atoms with Crippen molar-refractivity contribution in [2.24, 2.45) is 0 Å². The van der Waals surface area contributed by atoms with Gasteiger partial charge >= 0.3 is 0 Å².